The monoisotopic (exact) mass is 209 g/mol. The molecule has 15 heavy (non-hydrogen) atoms. The lowest BCUT2D eigenvalue weighted by Crippen LogP contribution is -2.29. The van der Waals surface area contributed by atoms with Crippen LogP contribution in [-0.2, 0) is 4.79 Å². The lowest BCUT2D eigenvalue weighted by Gasteiger charge is -2.22. The summed E-state index contributed by atoms with van der Waals surface area (Å²) in [5.41, 5.74) is 0. The van der Waals surface area contributed by atoms with E-state index in [0.29, 0.717) is 11.8 Å². The molecule has 0 saturated carbocycles. The summed E-state index contributed by atoms with van der Waals surface area (Å²) in [6.45, 7) is 4.02. The van der Waals surface area contributed by atoms with E-state index in [9.17, 15) is 4.79 Å². The van der Waals surface area contributed by atoms with E-state index in [1.807, 2.05) is 4.90 Å². The van der Waals surface area contributed by atoms with Gasteiger partial charge in [-0.25, -0.2) is 5.32 Å². The van der Waals surface area contributed by atoms with Crippen molar-refractivity contribution in [1.82, 2.24) is 10.2 Å². The van der Waals surface area contributed by atoms with E-state index in [0.717, 1.165) is 39.0 Å². The Morgan fingerprint density at radius 1 is 1.27 bits per heavy atom. The van der Waals surface area contributed by atoms with E-state index in [1.165, 1.54) is 25.7 Å². The quantitative estimate of drug-likeness (QED) is 0.692. The zero-order valence-electron chi connectivity index (χ0n) is 9.45. The predicted molar refractivity (Wildman–Crippen MR) is 59.6 cm³/mol. The van der Waals surface area contributed by atoms with Crippen LogP contribution in [-0.4, -0.2) is 37.0 Å². The molecule has 0 aromatic rings. The van der Waals surface area contributed by atoms with Crippen LogP contribution in [0.25, 0.3) is 0 Å². The van der Waals surface area contributed by atoms with Gasteiger partial charge in [-0.2, -0.15) is 0 Å². The third-order valence-electron chi connectivity index (χ3n) is 3.54. The van der Waals surface area contributed by atoms with Gasteiger partial charge in [0.1, 0.15) is 0 Å². The maximum atomic E-state index is 11.8. The van der Waals surface area contributed by atoms with Crippen molar-refractivity contribution < 1.29 is 4.79 Å². The number of carbonyl (C=O) groups excluding carboxylic acids is 1. The van der Waals surface area contributed by atoms with E-state index < -0.39 is 0 Å². The van der Waals surface area contributed by atoms with Gasteiger partial charge in [-0.3, -0.25) is 4.79 Å². The van der Waals surface area contributed by atoms with Crippen LogP contribution in [0.1, 0.15) is 38.5 Å². The van der Waals surface area contributed by atoms with E-state index in [-0.39, 0.29) is 0 Å². The van der Waals surface area contributed by atoms with Crippen LogP contribution in [0.2, 0.25) is 0 Å². The van der Waals surface area contributed by atoms with Gasteiger partial charge in [0, 0.05) is 32.6 Å². The minimum atomic E-state index is 0.373. The summed E-state index contributed by atoms with van der Waals surface area (Å²) in [5, 5.41) is 4.41. The van der Waals surface area contributed by atoms with Gasteiger partial charge in [-0.1, -0.05) is 0 Å². The fraction of sp³-hybridized carbons (Fsp3) is 0.917. The van der Waals surface area contributed by atoms with Crippen molar-refractivity contribution in [1.29, 1.82) is 0 Å². The van der Waals surface area contributed by atoms with Gasteiger partial charge >= 0.3 is 0 Å². The van der Waals surface area contributed by atoms with Gasteiger partial charge in [-0.15, -0.1) is 0 Å². The normalized spacial score (nSPS) is 26.9. The standard InChI is InChI=1S/C12H21N2O/c15-12(14-8-1-2-9-14)6-5-11-4-3-7-13-10-11/h11H,1-10H2. The summed E-state index contributed by atoms with van der Waals surface area (Å²) in [6.07, 6.45) is 6.70. The summed E-state index contributed by atoms with van der Waals surface area (Å²) in [5.74, 6) is 1.06. The third-order valence-corrected chi connectivity index (χ3v) is 3.54. The summed E-state index contributed by atoms with van der Waals surface area (Å²) >= 11 is 0. The molecule has 1 amide bonds. The van der Waals surface area contributed by atoms with Crippen LogP contribution < -0.4 is 5.32 Å². The fourth-order valence-electron chi connectivity index (χ4n) is 2.54. The Morgan fingerprint density at radius 3 is 2.73 bits per heavy atom. The van der Waals surface area contributed by atoms with E-state index in [2.05, 4.69) is 5.32 Å². The Morgan fingerprint density at radius 2 is 2.07 bits per heavy atom. The zero-order chi connectivity index (χ0) is 10.5. The predicted octanol–water partition coefficient (Wildman–Crippen LogP) is 1.40. The molecule has 0 spiro atoms. The summed E-state index contributed by atoms with van der Waals surface area (Å²) in [4.78, 5) is 13.8. The molecular weight excluding hydrogens is 188 g/mol. The number of nitrogens with zero attached hydrogens (tertiary/aromatic N) is 2. The molecule has 0 aliphatic carbocycles. The van der Waals surface area contributed by atoms with E-state index in [1.54, 1.807) is 0 Å². The Kier molecular flexibility index (Phi) is 4.01. The van der Waals surface area contributed by atoms with Crippen LogP contribution in [0.15, 0.2) is 0 Å². The molecule has 2 aliphatic heterocycles. The first-order valence-electron chi connectivity index (χ1n) is 6.27. The number of hydrogen-bond acceptors (Lipinski definition) is 1. The van der Waals surface area contributed by atoms with Crippen molar-refractivity contribution in [2.45, 2.75) is 38.5 Å². The third kappa shape index (κ3) is 3.20. The van der Waals surface area contributed by atoms with Crippen LogP contribution in [0.3, 0.4) is 0 Å². The first-order chi connectivity index (χ1) is 7.36. The molecule has 3 nitrogen and oxygen atoms in total. The highest BCUT2D eigenvalue weighted by molar-refractivity contribution is 5.76. The highest BCUT2D eigenvalue weighted by atomic mass is 16.2. The minimum absolute atomic E-state index is 0.373. The lowest BCUT2D eigenvalue weighted by molar-refractivity contribution is -0.130. The van der Waals surface area contributed by atoms with Crippen LogP contribution >= 0.6 is 0 Å². The molecule has 2 saturated heterocycles. The second-order valence-electron chi connectivity index (χ2n) is 4.76. The first kappa shape index (κ1) is 10.9. The minimum Gasteiger partial charge on any atom is -0.343 e. The van der Waals surface area contributed by atoms with Gasteiger partial charge in [0.2, 0.25) is 5.91 Å². The maximum Gasteiger partial charge on any atom is 0.222 e. The Balaban J connectivity index is 1.65. The molecule has 2 heterocycles. The number of likely N-dealkylation sites (tertiary alicyclic amines) is 1. The number of amides is 1. The second-order valence-corrected chi connectivity index (χ2v) is 4.76. The summed E-state index contributed by atoms with van der Waals surface area (Å²) in [7, 11) is 0. The molecule has 0 bridgehead atoms. The van der Waals surface area contributed by atoms with Gasteiger partial charge < -0.3 is 4.90 Å². The molecule has 2 rings (SSSR count). The van der Waals surface area contributed by atoms with Crippen molar-refractivity contribution in [2.75, 3.05) is 26.2 Å². The molecule has 85 valence electrons. The molecule has 0 aromatic carbocycles. The molecule has 1 unspecified atom stereocenters. The van der Waals surface area contributed by atoms with Gasteiger partial charge in [0.25, 0.3) is 0 Å². The lowest BCUT2D eigenvalue weighted by atomic mass is 9.94. The topological polar surface area (TPSA) is 34.4 Å². The van der Waals surface area contributed by atoms with Crippen molar-refractivity contribution >= 4 is 5.91 Å². The Labute approximate surface area is 92.2 Å². The van der Waals surface area contributed by atoms with Gasteiger partial charge in [-0.05, 0) is 38.0 Å². The first-order valence-corrected chi connectivity index (χ1v) is 6.27. The number of piperidine rings is 1. The van der Waals surface area contributed by atoms with Crippen molar-refractivity contribution in [3.05, 3.63) is 0 Å². The van der Waals surface area contributed by atoms with E-state index >= 15 is 0 Å². The van der Waals surface area contributed by atoms with Crippen LogP contribution in [0, 0.1) is 5.92 Å². The average Bonchev–Trinajstić information content (AvgIpc) is 2.81. The van der Waals surface area contributed by atoms with Crippen LogP contribution in [0.5, 0.6) is 0 Å². The van der Waals surface area contributed by atoms with E-state index in [4.69, 9.17) is 0 Å². The maximum absolute atomic E-state index is 11.8. The molecule has 0 N–H and O–H groups in total. The average molecular weight is 209 g/mol. The molecule has 2 aliphatic rings. The highest BCUT2D eigenvalue weighted by Crippen LogP contribution is 2.18. The van der Waals surface area contributed by atoms with Gasteiger partial charge in [0.15, 0.2) is 0 Å². The highest BCUT2D eigenvalue weighted by Gasteiger charge is 2.20. The number of hydrogen-bond donors (Lipinski definition) is 0. The molecule has 2 fully saturated rings. The smallest absolute Gasteiger partial charge is 0.222 e. The zero-order valence-corrected chi connectivity index (χ0v) is 9.45. The Bertz CT molecular complexity index is 206. The number of rotatable bonds is 3. The van der Waals surface area contributed by atoms with Crippen molar-refractivity contribution in [3.63, 3.8) is 0 Å². The summed E-state index contributed by atoms with van der Waals surface area (Å²) in [6, 6.07) is 0. The molecule has 1 atom stereocenters. The summed E-state index contributed by atoms with van der Waals surface area (Å²) < 4.78 is 0. The largest absolute Gasteiger partial charge is 0.343 e. The number of carbonyl (C=O) groups is 1. The van der Waals surface area contributed by atoms with Crippen molar-refractivity contribution in [3.8, 4) is 0 Å². The molecule has 0 aromatic heterocycles. The van der Waals surface area contributed by atoms with Crippen LogP contribution in [0.4, 0.5) is 0 Å². The Hall–Kier alpha value is -0.570. The molecular formula is C12H21N2O. The molecule has 1 radical (unpaired) electrons. The van der Waals surface area contributed by atoms with Gasteiger partial charge in [0.05, 0.1) is 0 Å². The SMILES string of the molecule is O=C(CCC1CCC[N]C1)N1CCCC1. The fourth-order valence-corrected chi connectivity index (χ4v) is 2.54. The molecule has 3 heteroatoms. The van der Waals surface area contributed by atoms with Crippen molar-refractivity contribution in [2.24, 2.45) is 5.92 Å². The second kappa shape index (κ2) is 5.50.